The van der Waals surface area contributed by atoms with E-state index < -0.39 is 11.6 Å². The summed E-state index contributed by atoms with van der Waals surface area (Å²) in [6.45, 7) is 4.04. The Labute approximate surface area is 166 Å². The predicted molar refractivity (Wildman–Crippen MR) is 102 cm³/mol. The van der Waals surface area contributed by atoms with Crippen molar-refractivity contribution in [3.8, 4) is 0 Å². The molecule has 0 aromatic heterocycles. The molecule has 0 aromatic rings. The third kappa shape index (κ3) is 2.33. The van der Waals surface area contributed by atoms with E-state index in [1.807, 2.05) is 0 Å². The summed E-state index contributed by atoms with van der Waals surface area (Å²) >= 11 is 0. The van der Waals surface area contributed by atoms with Crippen molar-refractivity contribution in [3.63, 3.8) is 0 Å². The molecule has 156 valence electrons. The van der Waals surface area contributed by atoms with Crippen molar-refractivity contribution < 1.29 is 24.6 Å². The molecule has 3 fully saturated rings. The second kappa shape index (κ2) is 6.54. The third-order valence-electron chi connectivity index (χ3n) is 8.61. The van der Waals surface area contributed by atoms with Gasteiger partial charge in [0.05, 0.1) is 25.7 Å². The summed E-state index contributed by atoms with van der Waals surface area (Å²) in [5.41, 5.74) is 5.42. The Morgan fingerprint density at radius 2 is 2.21 bits per heavy atom. The fraction of sp³-hybridized carbons (Fsp3) is 0.810. The summed E-state index contributed by atoms with van der Waals surface area (Å²) in [6.07, 6.45) is 5.41. The maximum Gasteiger partial charge on any atom is 0.293 e. The van der Waals surface area contributed by atoms with Crippen LogP contribution in [-0.2, 0) is 9.53 Å². The van der Waals surface area contributed by atoms with Crippen molar-refractivity contribution in [3.05, 3.63) is 11.1 Å². The summed E-state index contributed by atoms with van der Waals surface area (Å²) in [5.74, 6) is 0.126. The summed E-state index contributed by atoms with van der Waals surface area (Å²) < 4.78 is 5.28. The van der Waals surface area contributed by atoms with Crippen LogP contribution in [0.4, 0.5) is 0 Å². The zero-order valence-electron chi connectivity index (χ0n) is 17.2. The number of hydrogen-bond acceptors (Lipinski definition) is 5. The second-order valence-corrected chi connectivity index (χ2v) is 9.53. The van der Waals surface area contributed by atoms with Crippen molar-refractivity contribution in [1.29, 1.82) is 0 Å². The molecule has 0 amide bonds. The number of aliphatic imine (C=N–C) groups is 1. The number of carboxylic acid groups (broad SMARTS) is 1. The standard InChI is InChI=1S/C21H33N3O4/c1-13-5-6-14-9-15-16(17(25)26)20(27,12-28-3)10-21(13,15)19(14)7-4-8-24(11-19)18(22)23-2/h13-14,27H,4-12H2,1-3H3,(H2,22,23)(H,25,26). The van der Waals surface area contributed by atoms with Crippen molar-refractivity contribution in [2.24, 2.45) is 33.4 Å². The number of carbonyl (C=O) groups is 1. The monoisotopic (exact) mass is 391 g/mol. The number of nitrogens with two attached hydrogens (primary N) is 1. The van der Waals surface area contributed by atoms with E-state index in [0.717, 1.165) is 50.8 Å². The van der Waals surface area contributed by atoms with Crippen molar-refractivity contribution >= 4 is 11.9 Å². The number of ether oxygens (including phenoxy) is 1. The molecule has 2 bridgehead atoms. The third-order valence-corrected chi connectivity index (χ3v) is 8.61. The normalized spacial score (nSPS) is 45.6. The van der Waals surface area contributed by atoms with E-state index in [9.17, 15) is 15.0 Å². The topological polar surface area (TPSA) is 112 Å². The van der Waals surface area contributed by atoms with Crippen LogP contribution in [-0.4, -0.2) is 56.5 Å². The molecule has 0 radical (unpaired) electrons. The van der Waals surface area contributed by atoms with E-state index in [-0.39, 0.29) is 23.0 Å². The average Bonchev–Trinajstić information content (AvgIpc) is 2.99. The molecule has 4 N–H and O–H groups in total. The zero-order chi connectivity index (χ0) is 20.3. The van der Waals surface area contributed by atoms with Gasteiger partial charge in [0.2, 0.25) is 0 Å². The van der Waals surface area contributed by atoms with Crippen LogP contribution in [0.5, 0.6) is 0 Å². The van der Waals surface area contributed by atoms with Gasteiger partial charge in [-0.3, -0.25) is 4.90 Å². The van der Waals surface area contributed by atoms with E-state index in [2.05, 4.69) is 11.9 Å². The molecule has 1 saturated heterocycles. The first-order valence-corrected chi connectivity index (χ1v) is 10.5. The summed E-state index contributed by atoms with van der Waals surface area (Å²) in [7, 11) is 3.24. The number of piperidine rings is 1. The van der Waals surface area contributed by atoms with Gasteiger partial charge >= 0.3 is 0 Å². The van der Waals surface area contributed by atoms with Crippen LogP contribution < -0.4 is 15.7 Å². The molecule has 1 heterocycles. The summed E-state index contributed by atoms with van der Waals surface area (Å²) in [6, 6.07) is 0. The Kier molecular flexibility index (Phi) is 4.64. The molecule has 0 aromatic carbocycles. The number of rotatable bonds is 3. The number of allylic oxidation sites excluding steroid dienone is 1. The molecule has 6 atom stereocenters. The lowest BCUT2D eigenvalue weighted by Gasteiger charge is -2.57. The second-order valence-electron chi connectivity index (χ2n) is 9.53. The highest BCUT2D eigenvalue weighted by Gasteiger charge is 2.73. The fourth-order valence-electron chi connectivity index (χ4n) is 7.72. The molecule has 2 spiro atoms. The zero-order valence-corrected chi connectivity index (χ0v) is 17.2. The number of aliphatic carboxylic acids is 1. The average molecular weight is 392 g/mol. The Bertz CT molecular complexity index is 750. The number of guanidine groups is 1. The van der Waals surface area contributed by atoms with Crippen molar-refractivity contribution in [1.82, 2.24) is 0 Å². The molecule has 28 heavy (non-hydrogen) atoms. The first-order chi connectivity index (χ1) is 13.3. The van der Waals surface area contributed by atoms with Gasteiger partial charge < -0.3 is 25.5 Å². The molecule has 3 aliphatic carbocycles. The minimum absolute atomic E-state index is 0.00976. The lowest BCUT2D eigenvalue weighted by molar-refractivity contribution is -0.826. The van der Waals surface area contributed by atoms with Gasteiger partial charge in [0.25, 0.3) is 5.96 Å². The van der Waals surface area contributed by atoms with E-state index in [1.54, 1.807) is 7.05 Å². The van der Waals surface area contributed by atoms with Gasteiger partial charge in [-0.2, -0.15) is 0 Å². The van der Waals surface area contributed by atoms with Gasteiger partial charge in [-0.25, -0.2) is 4.99 Å². The van der Waals surface area contributed by atoms with Crippen LogP contribution in [0.15, 0.2) is 16.1 Å². The van der Waals surface area contributed by atoms with Crippen molar-refractivity contribution in [2.45, 2.75) is 51.0 Å². The van der Waals surface area contributed by atoms with E-state index >= 15 is 0 Å². The SMILES string of the molecule is CN=C(N)[NH+]1CCCC2(C1)C1CCC(C)C23CC(O)(COC)C(C(=O)[O-])=C3C1. The maximum absolute atomic E-state index is 12.2. The minimum atomic E-state index is -1.48. The van der Waals surface area contributed by atoms with Crippen LogP contribution in [0.3, 0.4) is 0 Å². The van der Waals surface area contributed by atoms with Gasteiger partial charge in [-0.05, 0) is 50.4 Å². The van der Waals surface area contributed by atoms with Crippen LogP contribution >= 0.6 is 0 Å². The van der Waals surface area contributed by atoms with E-state index in [4.69, 9.17) is 10.5 Å². The van der Waals surface area contributed by atoms with E-state index in [1.165, 1.54) is 12.0 Å². The Hall–Kier alpha value is -1.44. The first kappa shape index (κ1) is 19.9. The smallest absolute Gasteiger partial charge is 0.293 e. The molecule has 7 heteroatoms. The number of quaternary nitrogens is 1. The Balaban J connectivity index is 1.89. The summed E-state index contributed by atoms with van der Waals surface area (Å²) in [5, 5.41) is 23.6. The quantitative estimate of drug-likeness (QED) is 0.416. The highest BCUT2D eigenvalue weighted by molar-refractivity contribution is 5.90. The lowest BCUT2D eigenvalue weighted by Crippen LogP contribution is -3.18. The predicted octanol–water partition coefficient (Wildman–Crippen LogP) is -1.14. The number of carboxylic acids is 1. The molecule has 4 aliphatic rings. The van der Waals surface area contributed by atoms with E-state index in [0.29, 0.717) is 24.2 Å². The van der Waals surface area contributed by atoms with Gasteiger partial charge in [-0.15, -0.1) is 0 Å². The largest absolute Gasteiger partial charge is 0.545 e. The van der Waals surface area contributed by atoms with Gasteiger partial charge in [0, 0.05) is 30.6 Å². The van der Waals surface area contributed by atoms with Crippen LogP contribution in [0.2, 0.25) is 0 Å². The van der Waals surface area contributed by atoms with Gasteiger partial charge in [0.15, 0.2) is 0 Å². The lowest BCUT2D eigenvalue weighted by atomic mass is 9.48. The number of hydrogen-bond donors (Lipinski definition) is 3. The van der Waals surface area contributed by atoms with Gasteiger partial charge in [-0.1, -0.05) is 12.5 Å². The number of aliphatic hydroxyl groups is 1. The molecule has 7 nitrogen and oxygen atoms in total. The molecule has 6 unspecified atom stereocenters. The first-order valence-electron chi connectivity index (χ1n) is 10.5. The van der Waals surface area contributed by atoms with Crippen LogP contribution in [0.25, 0.3) is 0 Å². The van der Waals surface area contributed by atoms with Crippen molar-refractivity contribution in [2.75, 3.05) is 33.9 Å². The molecular weight excluding hydrogens is 358 g/mol. The maximum atomic E-state index is 12.2. The summed E-state index contributed by atoms with van der Waals surface area (Å²) in [4.78, 5) is 17.6. The van der Waals surface area contributed by atoms with Gasteiger partial charge in [0.1, 0.15) is 5.60 Å². The minimum Gasteiger partial charge on any atom is -0.545 e. The highest BCUT2D eigenvalue weighted by Crippen LogP contribution is 2.75. The number of nitrogens with zero attached hydrogens (tertiary/aromatic N) is 1. The number of nitrogens with one attached hydrogen (secondary N) is 1. The van der Waals surface area contributed by atoms with Crippen LogP contribution in [0.1, 0.15) is 45.4 Å². The Morgan fingerprint density at radius 3 is 2.86 bits per heavy atom. The number of carbonyl (C=O) groups excluding carboxylic acids is 1. The fourth-order valence-corrected chi connectivity index (χ4v) is 7.72. The molecule has 4 rings (SSSR count). The highest BCUT2D eigenvalue weighted by atomic mass is 16.5. The molecule has 1 aliphatic heterocycles. The Morgan fingerprint density at radius 1 is 1.46 bits per heavy atom. The number of likely N-dealkylation sites (tertiary alicyclic amines) is 1. The molecular formula is C21H33N3O4. The molecule has 2 saturated carbocycles. The van der Waals surface area contributed by atoms with Crippen LogP contribution in [0, 0.1) is 22.7 Å². The number of methoxy groups -OCH3 is 1.